The molecule has 4 heteroatoms. The third-order valence-corrected chi connectivity index (χ3v) is 3.82. The highest BCUT2D eigenvalue weighted by Crippen LogP contribution is 2.34. The van der Waals surface area contributed by atoms with Crippen molar-refractivity contribution < 1.29 is 0 Å². The Labute approximate surface area is 122 Å². The maximum Gasteiger partial charge on any atom is 0.130 e. The number of anilines is 2. The van der Waals surface area contributed by atoms with Crippen LogP contribution in [0.4, 0.5) is 10.8 Å². The molecule has 100 valence electrons. The smallest absolute Gasteiger partial charge is 0.130 e. The van der Waals surface area contributed by atoms with Crippen molar-refractivity contribution in [2.24, 2.45) is 0 Å². The van der Waals surface area contributed by atoms with Crippen LogP contribution in [0.1, 0.15) is 10.6 Å². The Bertz CT molecular complexity index is 720. The highest BCUT2D eigenvalue weighted by Gasteiger charge is 2.12. The number of thiazole rings is 1. The van der Waals surface area contributed by atoms with Gasteiger partial charge in [-0.05, 0) is 32.0 Å². The van der Waals surface area contributed by atoms with Gasteiger partial charge in [-0.15, -0.1) is 11.3 Å². The molecule has 0 aliphatic heterocycles. The Morgan fingerprint density at radius 3 is 2.70 bits per heavy atom. The average molecular weight is 281 g/mol. The van der Waals surface area contributed by atoms with Crippen LogP contribution in [0.25, 0.3) is 11.3 Å². The van der Waals surface area contributed by atoms with E-state index >= 15 is 0 Å². The standard InChI is InChI=1S/C16H15N3S/c1-11-6-5-7-13(10-11)15-16(20-12(2)18-15)19-14-8-3-4-9-17-14/h3-10H,1-2H3,(H,17,19). The average Bonchev–Trinajstić information content (AvgIpc) is 2.81. The van der Waals surface area contributed by atoms with Crippen LogP contribution in [0.15, 0.2) is 48.7 Å². The van der Waals surface area contributed by atoms with Gasteiger partial charge in [0.05, 0.1) is 5.01 Å². The summed E-state index contributed by atoms with van der Waals surface area (Å²) >= 11 is 1.65. The molecule has 0 radical (unpaired) electrons. The molecule has 20 heavy (non-hydrogen) atoms. The molecule has 3 rings (SSSR count). The summed E-state index contributed by atoms with van der Waals surface area (Å²) in [4.78, 5) is 8.95. The molecule has 0 atom stereocenters. The lowest BCUT2D eigenvalue weighted by Gasteiger charge is -2.05. The second-order valence-electron chi connectivity index (χ2n) is 4.62. The minimum Gasteiger partial charge on any atom is -0.330 e. The normalized spacial score (nSPS) is 10.5. The van der Waals surface area contributed by atoms with Gasteiger partial charge in [0.1, 0.15) is 16.5 Å². The third kappa shape index (κ3) is 2.70. The van der Waals surface area contributed by atoms with E-state index in [1.54, 1.807) is 17.5 Å². The molecule has 0 amide bonds. The van der Waals surface area contributed by atoms with E-state index in [4.69, 9.17) is 0 Å². The van der Waals surface area contributed by atoms with Gasteiger partial charge >= 0.3 is 0 Å². The van der Waals surface area contributed by atoms with E-state index < -0.39 is 0 Å². The zero-order valence-electron chi connectivity index (χ0n) is 11.4. The lowest BCUT2D eigenvalue weighted by molar-refractivity contribution is 1.28. The molecule has 0 aliphatic rings. The Morgan fingerprint density at radius 1 is 1.05 bits per heavy atom. The van der Waals surface area contributed by atoms with E-state index in [1.165, 1.54) is 5.56 Å². The molecule has 0 unspecified atom stereocenters. The fourth-order valence-electron chi connectivity index (χ4n) is 2.05. The van der Waals surface area contributed by atoms with Crippen molar-refractivity contribution in [3.63, 3.8) is 0 Å². The van der Waals surface area contributed by atoms with Crippen molar-refractivity contribution in [1.82, 2.24) is 9.97 Å². The number of aromatic nitrogens is 2. The monoisotopic (exact) mass is 281 g/mol. The second kappa shape index (κ2) is 5.43. The maximum atomic E-state index is 4.65. The van der Waals surface area contributed by atoms with Crippen molar-refractivity contribution in [3.8, 4) is 11.3 Å². The third-order valence-electron chi connectivity index (χ3n) is 2.93. The predicted molar refractivity (Wildman–Crippen MR) is 84.5 cm³/mol. The first kappa shape index (κ1) is 12.8. The van der Waals surface area contributed by atoms with Crippen LogP contribution >= 0.6 is 11.3 Å². The van der Waals surface area contributed by atoms with Gasteiger partial charge in [-0.3, -0.25) is 0 Å². The van der Waals surface area contributed by atoms with Crippen molar-refractivity contribution in [2.45, 2.75) is 13.8 Å². The lowest BCUT2D eigenvalue weighted by Crippen LogP contribution is -1.92. The van der Waals surface area contributed by atoms with Crippen LogP contribution < -0.4 is 5.32 Å². The minimum atomic E-state index is 0.838. The van der Waals surface area contributed by atoms with Crippen LogP contribution in [0.5, 0.6) is 0 Å². The molecule has 1 aromatic carbocycles. The van der Waals surface area contributed by atoms with Gasteiger partial charge in [-0.1, -0.05) is 29.8 Å². The highest BCUT2D eigenvalue weighted by molar-refractivity contribution is 7.16. The van der Waals surface area contributed by atoms with Crippen LogP contribution in [0.2, 0.25) is 0 Å². The van der Waals surface area contributed by atoms with E-state index in [-0.39, 0.29) is 0 Å². The molecule has 1 N–H and O–H groups in total. The van der Waals surface area contributed by atoms with E-state index in [0.29, 0.717) is 0 Å². The molecule has 0 aliphatic carbocycles. The summed E-state index contributed by atoms with van der Waals surface area (Å²) < 4.78 is 0. The van der Waals surface area contributed by atoms with Gasteiger partial charge in [0, 0.05) is 11.8 Å². The number of rotatable bonds is 3. The Morgan fingerprint density at radius 2 is 1.95 bits per heavy atom. The van der Waals surface area contributed by atoms with Gasteiger partial charge in [0.15, 0.2) is 0 Å². The molecule has 2 aromatic heterocycles. The molecule has 3 aromatic rings. The topological polar surface area (TPSA) is 37.8 Å². The summed E-state index contributed by atoms with van der Waals surface area (Å²) in [5.41, 5.74) is 3.35. The SMILES string of the molecule is Cc1cccc(-c2nc(C)sc2Nc2ccccn2)c1. The van der Waals surface area contributed by atoms with Crippen LogP contribution in [0, 0.1) is 13.8 Å². The quantitative estimate of drug-likeness (QED) is 0.764. The number of nitrogens with zero attached hydrogens (tertiary/aromatic N) is 2. The van der Waals surface area contributed by atoms with E-state index in [1.807, 2.05) is 25.1 Å². The summed E-state index contributed by atoms with van der Waals surface area (Å²) in [6.07, 6.45) is 1.78. The number of nitrogens with one attached hydrogen (secondary N) is 1. The van der Waals surface area contributed by atoms with Crippen LogP contribution in [-0.4, -0.2) is 9.97 Å². The van der Waals surface area contributed by atoms with Crippen LogP contribution in [0.3, 0.4) is 0 Å². The van der Waals surface area contributed by atoms with Gasteiger partial charge in [-0.25, -0.2) is 9.97 Å². The van der Waals surface area contributed by atoms with Gasteiger partial charge in [0.2, 0.25) is 0 Å². The van der Waals surface area contributed by atoms with Crippen molar-refractivity contribution in [1.29, 1.82) is 0 Å². The Balaban J connectivity index is 2.00. The molecule has 0 saturated heterocycles. The van der Waals surface area contributed by atoms with Crippen molar-refractivity contribution >= 4 is 22.2 Å². The molecule has 0 bridgehead atoms. The van der Waals surface area contributed by atoms with Crippen molar-refractivity contribution in [3.05, 3.63) is 59.2 Å². The minimum absolute atomic E-state index is 0.838. The summed E-state index contributed by atoms with van der Waals surface area (Å²) in [5.74, 6) is 0.838. The molecule has 0 spiro atoms. The molecule has 0 fully saturated rings. The molecule has 0 saturated carbocycles. The fraction of sp³-hybridized carbons (Fsp3) is 0.125. The maximum absolute atomic E-state index is 4.65. The largest absolute Gasteiger partial charge is 0.330 e. The first-order valence-corrected chi connectivity index (χ1v) is 7.26. The summed E-state index contributed by atoms with van der Waals surface area (Å²) in [5, 5.41) is 5.43. The number of hydrogen-bond donors (Lipinski definition) is 1. The summed E-state index contributed by atoms with van der Waals surface area (Å²) in [6.45, 7) is 4.11. The highest BCUT2D eigenvalue weighted by atomic mass is 32.1. The van der Waals surface area contributed by atoms with Gasteiger partial charge < -0.3 is 5.32 Å². The van der Waals surface area contributed by atoms with Gasteiger partial charge in [0.25, 0.3) is 0 Å². The van der Waals surface area contributed by atoms with Crippen LogP contribution in [-0.2, 0) is 0 Å². The molecular weight excluding hydrogens is 266 g/mol. The molecule has 2 heterocycles. The number of aryl methyl sites for hydroxylation is 2. The first-order chi connectivity index (χ1) is 9.72. The van der Waals surface area contributed by atoms with E-state index in [9.17, 15) is 0 Å². The van der Waals surface area contributed by atoms with E-state index in [0.717, 1.165) is 27.1 Å². The zero-order valence-corrected chi connectivity index (χ0v) is 12.2. The van der Waals surface area contributed by atoms with E-state index in [2.05, 4.69) is 46.5 Å². The summed E-state index contributed by atoms with van der Waals surface area (Å²) in [6, 6.07) is 14.2. The molecule has 3 nitrogen and oxygen atoms in total. The number of hydrogen-bond acceptors (Lipinski definition) is 4. The van der Waals surface area contributed by atoms with Gasteiger partial charge in [-0.2, -0.15) is 0 Å². The summed E-state index contributed by atoms with van der Waals surface area (Å²) in [7, 11) is 0. The predicted octanol–water partition coefficient (Wildman–Crippen LogP) is 4.57. The number of benzene rings is 1. The zero-order chi connectivity index (χ0) is 13.9. The molecular formula is C16H15N3S. The lowest BCUT2D eigenvalue weighted by atomic mass is 10.1. The Hall–Kier alpha value is -2.20. The Kier molecular flexibility index (Phi) is 3.48. The first-order valence-electron chi connectivity index (χ1n) is 6.45. The number of pyridine rings is 1. The van der Waals surface area contributed by atoms with Crippen molar-refractivity contribution in [2.75, 3.05) is 5.32 Å². The fourth-order valence-corrected chi connectivity index (χ4v) is 2.90. The second-order valence-corrected chi connectivity index (χ2v) is 5.82.